The summed E-state index contributed by atoms with van der Waals surface area (Å²) in [7, 11) is 0. The highest BCUT2D eigenvalue weighted by Gasteiger charge is 2.28. The zero-order valence-electron chi connectivity index (χ0n) is 10.4. The molecule has 0 radical (unpaired) electrons. The standard InChI is InChI=1S/C15H12F2O3/c16-9-3-8(4-10(17)5-9)15-7-13(19)12-6-11(18)1-2-14(12)20-15/h1-6,13,15,18-19H,7H2. The van der Waals surface area contributed by atoms with E-state index in [9.17, 15) is 19.0 Å². The molecule has 0 saturated heterocycles. The van der Waals surface area contributed by atoms with E-state index < -0.39 is 23.8 Å². The molecule has 1 aliphatic heterocycles. The maximum Gasteiger partial charge on any atom is 0.127 e. The second-order valence-electron chi connectivity index (χ2n) is 4.78. The fourth-order valence-electron chi connectivity index (χ4n) is 2.40. The highest BCUT2D eigenvalue weighted by atomic mass is 19.1. The first-order chi connectivity index (χ1) is 9.52. The monoisotopic (exact) mass is 278 g/mol. The predicted octanol–water partition coefficient (Wildman–Crippen LogP) is 3.23. The van der Waals surface area contributed by atoms with Gasteiger partial charge >= 0.3 is 0 Å². The van der Waals surface area contributed by atoms with Gasteiger partial charge in [0.15, 0.2) is 0 Å². The molecule has 104 valence electrons. The van der Waals surface area contributed by atoms with Crippen molar-refractivity contribution >= 4 is 0 Å². The van der Waals surface area contributed by atoms with Crippen molar-refractivity contribution in [2.75, 3.05) is 0 Å². The Kier molecular flexibility index (Phi) is 3.06. The summed E-state index contributed by atoms with van der Waals surface area (Å²) in [5.41, 5.74) is 0.804. The van der Waals surface area contributed by atoms with Crippen LogP contribution in [-0.2, 0) is 0 Å². The van der Waals surface area contributed by atoms with Crippen molar-refractivity contribution in [3.63, 3.8) is 0 Å². The number of aromatic hydroxyl groups is 1. The lowest BCUT2D eigenvalue weighted by molar-refractivity contribution is 0.0651. The van der Waals surface area contributed by atoms with E-state index in [4.69, 9.17) is 4.74 Å². The topological polar surface area (TPSA) is 49.7 Å². The van der Waals surface area contributed by atoms with E-state index in [2.05, 4.69) is 0 Å². The quantitative estimate of drug-likeness (QED) is 0.842. The Bertz CT molecular complexity index is 637. The number of fused-ring (bicyclic) bond motifs is 1. The number of phenols is 1. The third-order valence-corrected chi connectivity index (χ3v) is 3.32. The van der Waals surface area contributed by atoms with Gasteiger partial charge in [-0.05, 0) is 35.9 Å². The van der Waals surface area contributed by atoms with Crippen molar-refractivity contribution in [3.05, 3.63) is 59.2 Å². The van der Waals surface area contributed by atoms with Crippen molar-refractivity contribution in [3.8, 4) is 11.5 Å². The van der Waals surface area contributed by atoms with Crippen LogP contribution in [0.5, 0.6) is 11.5 Å². The number of aliphatic hydroxyl groups excluding tert-OH is 1. The molecule has 5 heteroatoms. The number of rotatable bonds is 1. The molecule has 3 rings (SSSR count). The van der Waals surface area contributed by atoms with Gasteiger partial charge in [-0.15, -0.1) is 0 Å². The molecule has 2 aromatic rings. The van der Waals surface area contributed by atoms with Gasteiger partial charge in [-0.3, -0.25) is 0 Å². The van der Waals surface area contributed by atoms with Crippen LogP contribution in [0.4, 0.5) is 8.78 Å². The maximum absolute atomic E-state index is 13.2. The first kappa shape index (κ1) is 12.9. The van der Waals surface area contributed by atoms with Crippen LogP contribution in [0, 0.1) is 11.6 Å². The van der Waals surface area contributed by atoms with Crippen LogP contribution < -0.4 is 4.74 Å². The Hall–Kier alpha value is -2.14. The van der Waals surface area contributed by atoms with Crippen LogP contribution in [0.15, 0.2) is 36.4 Å². The molecule has 20 heavy (non-hydrogen) atoms. The molecule has 2 atom stereocenters. The first-order valence-electron chi connectivity index (χ1n) is 6.16. The van der Waals surface area contributed by atoms with Crippen molar-refractivity contribution < 1.29 is 23.7 Å². The summed E-state index contributed by atoms with van der Waals surface area (Å²) in [6.07, 6.45) is -1.33. The average Bonchev–Trinajstić information content (AvgIpc) is 2.38. The number of hydrogen-bond acceptors (Lipinski definition) is 3. The van der Waals surface area contributed by atoms with E-state index in [1.165, 1.54) is 30.3 Å². The van der Waals surface area contributed by atoms with Crippen LogP contribution >= 0.6 is 0 Å². The molecule has 0 saturated carbocycles. The van der Waals surface area contributed by atoms with Crippen LogP contribution in [0.2, 0.25) is 0 Å². The number of aliphatic hydroxyl groups is 1. The van der Waals surface area contributed by atoms with Gasteiger partial charge in [-0.2, -0.15) is 0 Å². The number of phenolic OH excluding ortho intramolecular Hbond substituents is 1. The smallest absolute Gasteiger partial charge is 0.127 e. The van der Waals surface area contributed by atoms with E-state index in [0.717, 1.165) is 6.07 Å². The van der Waals surface area contributed by atoms with Gasteiger partial charge in [0.2, 0.25) is 0 Å². The van der Waals surface area contributed by atoms with Gasteiger partial charge in [-0.1, -0.05) is 0 Å². The summed E-state index contributed by atoms with van der Waals surface area (Å²) in [6.45, 7) is 0. The lowest BCUT2D eigenvalue weighted by Gasteiger charge is -2.30. The largest absolute Gasteiger partial charge is 0.508 e. The minimum absolute atomic E-state index is 0.0293. The molecule has 0 fully saturated rings. The van der Waals surface area contributed by atoms with Crippen molar-refractivity contribution in [1.29, 1.82) is 0 Å². The maximum atomic E-state index is 13.2. The molecule has 1 aliphatic rings. The Morgan fingerprint density at radius 1 is 1.05 bits per heavy atom. The summed E-state index contributed by atoms with van der Waals surface area (Å²) in [4.78, 5) is 0. The van der Waals surface area contributed by atoms with E-state index in [-0.39, 0.29) is 12.2 Å². The first-order valence-corrected chi connectivity index (χ1v) is 6.16. The lowest BCUT2D eigenvalue weighted by atomic mass is 9.95. The molecule has 2 unspecified atom stereocenters. The highest BCUT2D eigenvalue weighted by Crippen LogP contribution is 2.42. The van der Waals surface area contributed by atoms with Gasteiger partial charge in [-0.25, -0.2) is 8.78 Å². The van der Waals surface area contributed by atoms with Crippen molar-refractivity contribution in [2.45, 2.75) is 18.6 Å². The zero-order chi connectivity index (χ0) is 14.3. The predicted molar refractivity (Wildman–Crippen MR) is 67.4 cm³/mol. The van der Waals surface area contributed by atoms with Crippen LogP contribution in [0.3, 0.4) is 0 Å². The van der Waals surface area contributed by atoms with E-state index in [1.54, 1.807) is 0 Å². The molecule has 0 aromatic heterocycles. The summed E-state index contributed by atoms with van der Waals surface area (Å²) >= 11 is 0. The van der Waals surface area contributed by atoms with Crippen molar-refractivity contribution in [2.24, 2.45) is 0 Å². The summed E-state index contributed by atoms with van der Waals surface area (Å²) in [5, 5.41) is 19.5. The second kappa shape index (κ2) is 4.76. The Morgan fingerprint density at radius 2 is 1.75 bits per heavy atom. The van der Waals surface area contributed by atoms with Gasteiger partial charge in [0.1, 0.15) is 29.2 Å². The van der Waals surface area contributed by atoms with Gasteiger partial charge in [0.05, 0.1) is 6.10 Å². The van der Waals surface area contributed by atoms with Gasteiger partial charge in [0.25, 0.3) is 0 Å². The molecule has 0 spiro atoms. The molecule has 3 nitrogen and oxygen atoms in total. The summed E-state index contributed by atoms with van der Waals surface area (Å²) in [6, 6.07) is 7.53. The molecular formula is C15H12F2O3. The molecule has 1 heterocycles. The minimum Gasteiger partial charge on any atom is -0.508 e. The van der Waals surface area contributed by atoms with Crippen LogP contribution in [0.25, 0.3) is 0 Å². The van der Waals surface area contributed by atoms with Crippen LogP contribution in [0.1, 0.15) is 29.8 Å². The number of hydrogen-bond donors (Lipinski definition) is 2. The molecule has 0 bridgehead atoms. The summed E-state index contributed by atoms with van der Waals surface area (Å²) in [5.74, 6) is -0.943. The third-order valence-electron chi connectivity index (χ3n) is 3.32. The average molecular weight is 278 g/mol. The fraction of sp³-hybridized carbons (Fsp3) is 0.200. The molecule has 0 amide bonds. The molecule has 2 N–H and O–H groups in total. The van der Waals surface area contributed by atoms with E-state index >= 15 is 0 Å². The van der Waals surface area contributed by atoms with Gasteiger partial charge < -0.3 is 14.9 Å². The fourth-order valence-corrected chi connectivity index (χ4v) is 2.40. The van der Waals surface area contributed by atoms with E-state index in [0.29, 0.717) is 16.9 Å². The third kappa shape index (κ3) is 2.32. The molecule has 2 aromatic carbocycles. The highest BCUT2D eigenvalue weighted by molar-refractivity contribution is 5.43. The van der Waals surface area contributed by atoms with Crippen molar-refractivity contribution in [1.82, 2.24) is 0 Å². The zero-order valence-corrected chi connectivity index (χ0v) is 10.4. The lowest BCUT2D eigenvalue weighted by Crippen LogP contribution is -2.19. The Labute approximate surface area is 114 Å². The Balaban J connectivity index is 1.96. The van der Waals surface area contributed by atoms with Gasteiger partial charge in [0, 0.05) is 18.1 Å². The Morgan fingerprint density at radius 3 is 2.45 bits per heavy atom. The number of benzene rings is 2. The van der Waals surface area contributed by atoms with E-state index in [1.807, 2.05) is 0 Å². The second-order valence-corrected chi connectivity index (χ2v) is 4.78. The summed E-state index contributed by atoms with van der Waals surface area (Å²) < 4.78 is 32.1. The molecule has 0 aliphatic carbocycles. The number of halogens is 2. The SMILES string of the molecule is Oc1ccc2c(c1)C(O)CC(c1cc(F)cc(F)c1)O2. The minimum atomic E-state index is -0.859. The normalized spacial score (nSPS) is 21.1. The van der Waals surface area contributed by atoms with Crippen LogP contribution in [-0.4, -0.2) is 10.2 Å². The number of ether oxygens (including phenoxy) is 1. The molecular weight excluding hydrogens is 266 g/mol.